The number of rotatable bonds is 5. The Morgan fingerprint density at radius 1 is 1.47 bits per heavy atom. The monoisotopic (exact) mass is 339 g/mol. The van der Waals surface area contributed by atoms with E-state index in [1.165, 1.54) is 0 Å². The second-order valence-electron chi connectivity index (χ2n) is 4.58. The third kappa shape index (κ3) is 3.54. The highest BCUT2D eigenvalue weighted by Crippen LogP contribution is 2.29. The highest BCUT2D eigenvalue weighted by molar-refractivity contribution is 9.10. The molecule has 1 atom stereocenters. The van der Waals surface area contributed by atoms with E-state index in [0.717, 1.165) is 38.9 Å². The summed E-state index contributed by atoms with van der Waals surface area (Å²) in [6.07, 6.45) is 5.06. The number of pyridine rings is 1. The molecule has 102 valence electrons. The average Bonchev–Trinajstić information content (AvgIpc) is 2.40. The molecule has 0 amide bonds. The summed E-state index contributed by atoms with van der Waals surface area (Å²) in [5.74, 6) is 1.15. The standard InChI is InChI=1S/C14H18BrN3S/c1-9(5-6-19-2)18-13-4-3-12(16)11-7-10(15)8-17-14(11)13/h3-4,7-9,18H,5-6,16H2,1-2H3. The Kier molecular flexibility index (Phi) is 4.93. The molecule has 0 aliphatic heterocycles. The van der Waals surface area contributed by atoms with Crippen LogP contribution in [0.25, 0.3) is 10.9 Å². The molecule has 0 radical (unpaired) electrons. The lowest BCUT2D eigenvalue weighted by atomic mass is 10.1. The fourth-order valence-electron chi connectivity index (χ4n) is 1.96. The van der Waals surface area contributed by atoms with Crippen molar-refractivity contribution in [1.82, 2.24) is 4.98 Å². The Labute approximate surface area is 126 Å². The molecule has 1 unspecified atom stereocenters. The van der Waals surface area contributed by atoms with Crippen LogP contribution in [0.1, 0.15) is 13.3 Å². The molecule has 0 saturated carbocycles. The third-order valence-corrected chi connectivity index (χ3v) is 4.08. The van der Waals surface area contributed by atoms with E-state index >= 15 is 0 Å². The van der Waals surface area contributed by atoms with Crippen molar-refractivity contribution in [3.63, 3.8) is 0 Å². The number of hydrogen-bond acceptors (Lipinski definition) is 4. The number of anilines is 2. The molecule has 1 heterocycles. The summed E-state index contributed by atoms with van der Waals surface area (Å²) in [4.78, 5) is 4.48. The van der Waals surface area contributed by atoms with E-state index in [9.17, 15) is 0 Å². The summed E-state index contributed by atoms with van der Waals surface area (Å²) in [7, 11) is 0. The van der Waals surface area contributed by atoms with Crippen molar-refractivity contribution in [2.45, 2.75) is 19.4 Å². The minimum absolute atomic E-state index is 0.421. The highest BCUT2D eigenvalue weighted by atomic mass is 79.9. The molecule has 2 rings (SSSR count). The van der Waals surface area contributed by atoms with Crippen molar-refractivity contribution in [2.24, 2.45) is 0 Å². The summed E-state index contributed by atoms with van der Waals surface area (Å²) in [5.41, 5.74) is 8.75. The van der Waals surface area contributed by atoms with Gasteiger partial charge in [-0.1, -0.05) is 0 Å². The van der Waals surface area contributed by atoms with E-state index < -0.39 is 0 Å². The molecule has 2 aromatic rings. The summed E-state index contributed by atoms with van der Waals surface area (Å²) in [6.45, 7) is 2.19. The van der Waals surface area contributed by atoms with Gasteiger partial charge in [0.1, 0.15) is 0 Å². The van der Waals surface area contributed by atoms with Gasteiger partial charge in [0, 0.05) is 27.8 Å². The first kappa shape index (κ1) is 14.5. The van der Waals surface area contributed by atoms with Crippen LogP contribution < -0.4 is 11.1 Å². The van der Waals surface area contributed by atoms with Crippen molar-refractivity contribution in [2.75, 3.05) is 23.1 Å². The number of nitrogens with one attached hydrogen (secondary N) is 1. The van der Waals surface area contributed by atoms with Crippen LogP contribution in [0, 0.1) is 0 Å². The predicted molar refractivity (Wildman–Crippen MR) is 89.9 cm³/mol. The van der Waals surface area contributed by atoms with E-state index in [4.69, 9.17) is 5.73 Å². The van der Waals surface area contributed by atoms with E-state index in [0.29, 0.717) is 6.04 Å². The Bertz CT molecular complexity index is 574. The number of halogens is 1. The van der Waals surface area contributed by atoms with E-state index in [2.05, 4.69) is 39.4 Å². The van der Waals surface area contributed by atoms with Crippen LogP contribution in [-0.2, 0) is 0 Å². The van der Waals surface area contributed by atoms with Gasteiger partial charge in [0.05, 0.1) is 11.2 Å². The first-order valence-corrected chi connectivity index (χ1v) is 8.39. The molecular weight excluding hydrogens is 322 g/mol. The number of thioether (sulfide) groups is 1. The number of hydrogen-bond donors (Lipinski definition) is 2. The lowest BCUT2D eigenvalue weighted by Gasteiger charge is -2.16. The van der Waals surface area contributed by atoms with Crippen LogP contribution >= 0.6 is 27.7 Å². The number of aromatic nitrogens is 1. The zero-order valence-corrected chi connectivity index (χ0v) is 13.5. The lowest BCUT2D eigenvalue weighted by molar-refractivity contribution is 0.773. The fraction of sp³-hybridized carbons (Fsp3) is 0.357. The largest absolute Gasteiger partial charge is 0.398 e. The van der Waals surface area contributed by atoms with Gasteiger partial charge in [0.25, 0.3) is 0 Å². The molecule has 19 heavy (non-hydrogen) atoms. The van der Waals surface area contributed by atoms with Crippen molar-refractivity contribution in [3.8, 4) is 0 Å². The van der Waals surface area contributed by atoms with Crippen LogP contribution in [0.4, 0.5) is 11.4 Å². The summed E-state index contributed by atoms with van der Waals surface area (Å²) >= 11 is 5.30. The summed E-state index contributed by atoms with van der Waals surface area (Å²) in [5, 5.41) is 4.50. The molecule has 3 N–H and O–H groups in total. The Morgan fingerprint density at radius 2 is 2.26 bits per heavy atom. The number of nitrogens with two attached hydrogens (primary N) is 1. The minimum Gasteiger partial charge on any atom is -0.398 e. The maximum atomic E-state index is 6.01. The van der Waals surface area contributed by atoms with Gasteiger partial charge in [-0.15, -0.1) is 0 Å². The molecule has 0 fully saturated rings. The zero-order valence-electron chi connectivity index (χ0n) is 11.1. The number of fused-ring (bicyclic) bond motifs is 1. The predicted octanol–water partition coefficient (Wildman–Crippen LogP) is 4.13. The van der Waals surface area contributed by atoms with Gasteiger partial charge in [-0.25, -0.2) is 0 Å². The van der Waals surface area contributed by atoms with Crippen molar-refractivity contribution in [3.05, 3.63) is 28.9 Å². The minimum atomic E-state index is 0.421. The SMILES string of the molecule is CSCCC(C)Nc1ccc(N)c2cc(Br)cnc12. The maximum Gasteiger partial charge on any atom is 0.0954 e. The van der Waals surface area contributed by atoms with Crippen molar-refractivity contribution >= 4 is 50.0 Å². The molecule has 0 aliphatic rings. The lowest BCUT2D eigenvalue weighted by Crippen LogP contribution is -2.16. The second kappa shape index (κ2) is 6.48. The molecule has 0 bridgehead atoms. The Morgan fingerprint density at radius 3 is 3.00 bits per heavy atom. The molecule has 1 aromatic carbocycles. The van der Waals surface area contributed by atoms with Gasteiger partial charge in [0.2, 0.25) is 0 Å². The summed E-state index contributed by atoms with van der Waals surface area (Å²) < 4.78 is 0.944. The number of benzene rings is 1. The van der Waals surface area contributed by atoms with Crippen LogP contribution in [0.5, 0.6) is 0 Å². The third-order valence-electron chi connectivity index (χ3n) is 3.01. The molecule has 5 heteroatoms. The van der Waals surface area contributed by atoms with E-state index in [1.807, 2.05) is 30.0 Å². The first-order chi connectivity index (χ1) is 9.11. The van der Waals surface area contributed by atoms with E-state index in [-0.39, 0.29) is 0 Å². The second-order valence-corrected chi connectivity index (χ2v) is 6.48. The number of nitrogen functional groups attached to an aromatic ring is 1. The highest BCUT2D eigenvalue weighted by Gasteiger charge is 2.08. The van der Waals surface area contributed by atoms with Crippen LogP contribution in [0.3, 0.4) is 0 Å². The van der Waals surface area contributed by atoms with E-state index in [1.54, 1.807) is 6.20 Å². The molecular formula is C14H18BrN3S. The van der Waals surface area contributed by atoms with Gasteiger partial charge in [-0.3, -0.25) is 4.98 Å². The molecule has 0 spiro atoms. The molecule has 1 aromatic heterocycles. The Balaban J connectivity index is 2.31. The topological polar surface area (TPSA) is 50.9 Å². The first-order valence-electron chi connectivity index (χ1n) is 6.21. The molecule has 3 nitrogen and oxygen atoms in total. The fourth-order valence-corrected chi connectivity index (χ4v) is 2.89. The van der Waals surface area contributed by atoms with Crippen molar-refractivity contribution in [1.29, 1.82) is 0 Å². The molecule has 0 aliphatic carbocycles. The number of nitrogens with zero attached hydrogens (tertiary/aromatic N) is 1. The van der Waals surface area contributed by atoms with Crippen LogP contribution in [0.15, 0.2) is 28.9 Å². The molecule has 0 saturated heterocycles. The van der Waals surface area contributed by atoms with Gasteiger partial charge in [-0.05, 0) is 59.5 Å². The van der Waals surface area contributed by atoms with Crippen LogP contribution in [-0.4, -0.2) is 23.0 Å². The summed E-state index contributed by atoms with van der Waals surface area (Å²) in [6, 6.07) is 6.37. The quantitative estimate of drug-likeness (QED) is 0.804. The van der Waals surface area contributed by atoms with Gasteiger partial charge < -0.3 is 11.1 Å². The normalized spacial score (nSPS) is 12.6. The van der Waals surface area contributed by atoms with Gasteiger partial charge >= 0.3 is 0 Å². The zero-order chi connectivity index (χ0) is 13.8. The van der Waals surface area contributed by atoms with Crippen LogP contribution in [0.2, 0.25) is 0 Å². The van der Waals surface area contributed by atoms with Gasteiger partial charge in [-0.2, -0.15) is 11.8 Å². The Hall–Kier alpha value is -0.940. The smallest absolute Gasteiger partial charge is 0.0954 e. The van der Waals surface area contributed by atoms with Gasteiger partial charge in [0.15, 0.2) is 0 Å². The maximum absolute atomic E-state index is 6.01. The van der Waals surface area contributed by atoms with Crippen molar-refractivity contribution < 1.29 is 0 Å². The average molecular weight is 340 g/mol.